The standard InChI is InChI=1S/C14H22N2O2/c1-10-6-4-5-7-13(10)18-12(3)9-16-14(17)8-11(2)15/h4-7,11-12H,8-9,15H2,1-3H3,(H,16,17). The predicted molar refractivity (Wildman–Crippen MR) is 72.5 cm³/mol. The summed E-state index contributed by atoms with van der Waals surface area (Å²) in [7, 11) is 0. The number of amides is 1. The van der Waals surface area contributed by atoms with Crippen LogP contribution in [-0.4, -0.2) is 24.6 Å². The average molecular weight is 250 g/mol. The van der Waals surface area contributed by atoms with Gasteiger partial charge < -0.3 is 15.8 Å². The maximum Gasteiger partial charge on any atom is 0.221 e. The average Bonchev–Trinajstić information content (AvgIpc) is 2.29. The van der Waals surface area contributed by atoms with Gasteiger partial charge in [-0.1, -0.05) is 18.2 Å². The van der Waals surface area contributed by atoms with E-state index in [0.29, 0.717) is 13.0 Å². The van der Waals surface area contributed by atoms with Gasteiger partial charge in [0.1, 0.15) is 11.9 Å². The largest absolute Gasteiger partial charge is 0.489 e. The van der Waals surface area contributed by atoms with Crippen LogP contribution in [0.1, 0.15) is 25.8 Å². The number of nitrogens with two attached hydrogens (primary N) is 1. The van der Waals surface area contributed by atoms with Crippen molar-refractivity contribution in [3.8, 4) is 5.75 Å². The SMILES string of the molecule is Cc1ccccc1OC(C)CNC(=O)CC(C)N. The molecule has 2 unspecified atom stereocenters. The molecule has 1 amide bonds. The molecule has 1 aromatic rings. The molecule has 100 valence electrons. The Kier molecular flexibility index (Phi) is 5.65. The summed E-state index contributed by atoms with van der Waals surface area (Å²) in [6.07, 6.45) is 0.278. The second-order valence-electron chi connectivity index (χ2n) is 4.68. The Morgan fingerprint density at radius 1 is 1.39 bits per heavy atom. The highest BCUT2D eigenvalue weighted by Crippen LogP contribution is 2.17. The van der Waals surface area contributed by atoms with Crippen molar-refractivity contribution in [3.05, 3.63) is 29.8 Å². The summed E-state index contributed by atoms with van der Waals surface area (Å²) in [6, 6.07) is 7.71. The number of nitrogens with one attached hydrogen (secondary N) is 1. The zero-order chi connectivity index (χ0) is 13.5. The summed E-state index contributed by atoms with van der Waals surface area (Å²) in [5.41, 5.74) is 6.64. The van der Waals surface area contributed by atoms with Gasteiger partial charge in [-0.2, -0.15) is 0 Å². The third-order valence-electron chi connectivity index (χ3n) is 2.52. The zero-order valence-electron chi connectivity index (χ0n) is 11.3. The smallest absolute Gasteiger partial charge is 0.221 e. The highest BCUT2D eigenvalue weighted by Gasteiger charge is 2.09. The first-order valence-corrected chi connectivity index (χ1v) is 6.23. The summed E-state index contributed by atoms with van der Waals surface area (Å²) in [5.74, 6) is 0.816. The maximum atomic E-state index is 11.4. The lowest BCUT2D eigenvalue weighted by molar-refractivity contribution is -0.121. The third kappa shape index (κ3) is 5.19. The highest BCUT2D eigenvalue weighted by atomic mass is 16.5. The van der Waals surface area contributed by atoms with E-state index < -0.39 is 0 Å². The van der Waals surface area contributed by atoms with Gasteiger partial charge in [0.2, 0.25) is 5.91 Å². The number of hydrogen-bond donors (Lipinski definition) is 2. The van der Waals surface area contributed by atoms with E-state index in [2.05, 4.69) is 5.32 Å². The van der Waals surface area contributed by atoms with Gasteiger partial charge in [-0.25, -0.2) is 0 Å². The lowest BCUT2D eigenvalue weighted by Crippen LogP contribution is -2.36. The van der Waals surface area contributed by atoms with Crippen LogP contribution in [-0.2, 0) is 4.79 Å². The molecule has 3 N–H and O–H groups in total. The van der Waals surface area contributed by atoms with Crippen LogP contribution in [0, 0.1) is 6.92 Å². The van der Waals surface area contributed by atoms with E-state index in [1.165, 1.54) is 0 Å². The number of hydrogen-bond acceptors (Lipinski definition) is 3. The van der Waals surface area contributed by atoms with Crippen molar-refractivity contribution in [1.29, 1.82) is 0 Å². The Bertz CT molecular complexity index is 391. The molecular formula is C14H22N2O2. The summed E-state index contributed by atoms with van der Waals surface area (Å²) < 4.78 is 5.75. The highest BCUT2D eigenvalue weighted by molar-refractivity contribution is 5.76. The molecule has 0 aliphatic rings. The Balaban J connectivity index is 2.36. The van der Waals surface area contributed by atoms with Crippen molar-refractivity contribution in [1.82, 2.24) is 5.32 Å². The number of para-hydroxylation sites is 1. The van der Waals surface area contributed by atoms with Crippen LogP contribution in [0.5, 0.6) is 5.75 Å². The molecule has 0 saturated carbocycles. The molecule has 4 heteroatoms. The number of ether oxygens (including phenoxy) is 1. The molecule has 0 radical (unpaired) electrons. The Morgan fingerprint density at radius 2 is 2.06 bits per heavy atom. The van der Waals surface area contributed by atoms with Gasteiger partial charge in [0.05, 0.1) is 6.54 Å². The van der Waals surface area contributed by atoms with Crippen molar-refractivity contribution >= 4 is 5.91 Å². The van der Waals surface area contributed by atoms with Crippen molar-refractivity contribution in [2.45, 2.75) is 39.3 Å². The zero-order valence-corrected chi connectivity index (χ0v) is 11.3. The summed E-state index contributed by atoms with van der Waals surface area (Å²) in [5, 5.41) is 2.81. The Labute approximate surface area is 109 Å². The Hall–Kier alpha value is -1.55. The molecule has 0 aliphatic heterocycles. The van der Waals surface area contributed by atoms with E-state index in [9.17, 15) is 4.79 Å². The molecule has 18 heavy (non-hydrogen) atoms. The first-order chi connectivity index (χ1) is 8.49. The van der Waals surface area contributed by atoms with Gasteiger partial charge in [-0.05, 0) is 32.4 Å². The normalized spacial score (nSPS) is 13.8. The van der Waals surface area contributed by atoms with Crippen LogP contribution in [0.25, 0.3) is 0 Å². The third-order valence-corrected chi connectivity index (χ3v) is 2.52. The van der Waals surface area contributed by atoms with Gasteiger partial charge >= 0.3 is 0 Å². The Morgan fingerprint density at radius 3 is 2.67 bits per heavy atom. The van der Waals surface area contributed by atoms with E-state index in [1.54, 1.807) is 0 Å². The van der Waals surface area contributed by atoms with E-state index in [-0.39, 0.29) is 18.1 Å². The van der Waals surface area contributed by atoms with E-state index in [0.717, 1.165) is 11.3 Å². The van der Waals surface area contributed by atoms with Crippen LogP contribution < -0.4 is 15.8 Å². The minimum absolute atomic E-state index is 0.0368. The monoisotopic (exact) mass is 250 g/mol. The van der Waals surface area contributed by atoms with Crippen molar-refractivity contribution < 1.29 is 9.53 Å². The molecule has 0 fully saturated rings. The summed E-state index contributed by atoms with van der Waals surface area (Å²) in [6.45, 7) is 6.22. The minimum Gasteiger partial charge on any atom is -0.489 e. The minimum atomic E-state index is -0.113. The number of benzene rings is 1. The number of carbonyl (C=O) groups excluding carboxylic acids is 1. The van der Waals surface area contributed by atoms with Gasteiger partial charge in [-0.3, -0.25) is 4.79 Å². The maximum absolute atomic E-state index is 11.4. The van der Waals surface area contributed by atoms with Crippen LogP contribution in [0.3, 0.4) is 0 Å². The quantitative estimate of drug-likeness (QED) is 0.806. The molecule has 0 heterocycles. The fourth-order valence-electron chi connectivity index (χ4n) is 1.57. The first kappa shape index (κ1) is 14.5. The topological polar surface area (TPSA) is 64.3 Å². The van der Waals surface area contributed by atoms with Crippen LogP contribution >= 0.6 is 0 Å². The number of aryl methyl sites for hydroxylation is 1. The molecule has 0 aliphatic carbocycles. The molecule has 0 bridgehead atoms. The molecule has 1 rings (SSSR count). The van der Waals surface area contributed by atoms with Crippen molar-refractivity contribution in [3.63, 3.8) is 0 Å². The van der Waals surface area contributed by atoms with E-state index >= 15 is 0 Å². The van der Waals surface area contributed by atoms with E-state index in [4.69, 9.17) is 10.5 Å². The van der Waals surface area contributed by atoms with Gasteiger partial charge in [0.15, 0.2) is 0 Å². The summed E-state index contributed by atoms with van der Waals surface area (Å²) >= 11 is 0. The number of rotatable bonds is 6. The molecule has 0 spiro atoms. The predicted octanol–water partition coefficient (Wildman–Crippen LogP) is 1.62. The van der Waals surface area contributed by atoms with Gasteiger partial charge in [0.25, 0.3) is 0 Å². The second-order valence-corrected chi connectivity index (χ2v) is 4.68. The fraction of sp³-hybridized carbons (Fsp3) is 0.500. The summed E-state index contributed by atoms with van der Waals surface area (Å²) in [4.78, 5) is 11.4. The number of carbonyl (C=O) groups is 1. The molecular weight excluding hydrogens is 228 g/mol. The molecule has 0 saturated heterocycles. The van der Waals surface area contributed by atoms with Crippen molar-refractivity contribution in [2.75, 3.05) is 6.54 Å². The van der Waals surface area contributed by atoms with Crippen LogP contribution in [0.2, 0.25) is 0 Å². The molecule has 1 aromatic carbocycles. The van der Waals surface area contributed by atoms with Gasteiger partial charge in [-0.15, -0.1) is 0 Å². The first-order valence-electron chi connectivity index (χ1n) is 6.23. The van der Waals surface area contributed by atoms with Crippen molar-refractivity contribution in [2.24, 2.45) is 5.73 Å². The fourth-order valence-corrected chi connectivity index (χ4v) is 1.57. The second kappa shape index (κ2) is 7.01. The molecule has 4 nitrogen and oxygen atoms in total. The van der Waals surface area contributed by atoms with Crippen LogP contribution in [0.4, 0.5) is 0 Å². The van der Waals surface area contributed by atoms with E-state index in [1.807, 2.05) is 45.0 Å². The van der Waals surface area contributed by atoms with Gasteiger partial charge in [0, 0.05) is 12.5 Å². The lowest BCUT2D eigenvalue weighted by Gasteiger charge is -2.17. The molecule has 2 atom stereocenters. The molecule has 0 aromatic heterocycles. The van der Waals surface area contributed by atoms with Crippen LogP contribution in [0.15, 0.2) is 24.3 Å². The lowest BCUT2D eigenvalue weighted by atomic mass is 10.2.